The number of ether oxygens (including phenoxy) is 1. The van der Waals surface area contributed by atoms with Crippen LogP contribution in [0.2, 0.25) is 0 Å². The Labute approximate surface area is 164 Å². The Hall–Kier alpha value is -2.09. The van der Waals surface area contributed by atoms with E-state index in [2.05, 4.69) is 0 Å². The first-order valence-corrected chi connectivity index (χ1v) is 10.9. The highest BCUT2D eigenvalue weighted by Crippen LogP contribution is 2.31. The van der Waals surface area contributed by atoms with E-state index in [4.69, 9.17) is 4.74 Å². The lowest BCUT2D eigenvalue weighted by Gasteiger charge is -2.24. The first kappa shape index (κ1) is 19.7. The van der Waals surface area contributed by atoms with Gasteiger partial charge in [0.1, 0.15) is 10.6 Å². The molecule has 0 spiro atoms. The molecule has 0 radical (unpaired) electrons. The Morgan fingerprint density at radius 3 is 2.44 bits per heavy atom. The predicted octanol–water partition coefficient (Wildman–Crippen LogP) is 4.10. The standard InChI is InChI=1S/C20H24N2O3S2/c1-15-11-19(25-4)20(12-16(15)2)27(23,24)22(14-18-8-6-10-26-18)13-17-7-5-9-21(17)3/h5-12H,13-14H2,1-4H3. The summed E-state index contributed by atoms with van der Waals surface area (Å²) in [5.74, 6) is 0.376. The Balaban J connectivity index is 2.07. The molecule has 2 heterocycles. The van der Waals surface area contributed by atoms with Crippen LogP contribution in [0.1, 0.15) is 21.7 Å². The molecule has 27 heavy (non-hydrogen) atoms. The van der Waals surface area contributed by atoms with Crippen LogP contribution in [0.5, 0.6) is 5.75 Å². The minimum Gasteiger partial charge on any atom is -0.495 e. The van der Waals surface area contributed by atoms with E-state index in [-0.39, 0.29) is 4.90 Å². The number of thiophene rings is 1. The molecule has 3 aromatic rings. The molecule has 3 rings (SSSR count). The number of aromatic nitrogens is 1. The summed E-state index contributed by atoms with van der Waals surface area (Å²) in [4.78, 5) is 1.20. The smallest absolute Gasteiger partial charge is 0.247 e. The van der Waals surface area contributed by atoms with Gasteiger partial charge in [0, 0.05) is 30.4 Å². The van der Waals surface area contributed by atoms with Gasteiger partial charge in [0.05, 0.1) is 13.7 Å². The van der Waals surface area contributed by atoms with E-state index >= 15 is 0 Å². The SMILES string of the molecule is COc1cc(C)c(C)cc1S(=O)(=O)N(Cc1cccs1)Cc1cccn1C. The first-order valence-electron chi connectivity index (χ1n) is 8.61. The number of aryl methyl sites for hydroxylation is 3. The molecule has 7 heteroatoms. The average Bonchev–Trinajstić information content (AvgIpc) is 3.28. The summed E-state index contributed by atoms with van der Waals surface area (Å²) in [6.45, 7) is 4.47. The molecule has 5 nitrogen and oxygen atoms in total. The predicted molar refractivity (Wildman–Crippen MR) is 109 cm³/mol. The van der Waals surface area contributed by atoms with Crippen molar-refractivity contribution < 1.29 is 13.2 Å². The number of nitrogens with zero attached hydrogens (tertiary/aromatic N) is 2. The van der Waals surface area contributed by atoms with Crippen molar-refractivity contribution in [3.8, 4) is 5.75 Å². The van der Waals surface area contributed by atoms with Crippen molar-refractivity contribution in [2.24, 2.45) is 7.05 Å². The highest BCUT2D eigenvalue weighted by molar-refractivity contribution is 7.89. The summed E-state index contributed by atoms with van der Waals surface area (Å²) in [5.41, 5.74) is 2.85. The van der Waals surface area contributed by atoms with Gasteiger partial charge in [0.25, 0.3) is 0 Å². The summed E-state index contributed by atoms with van der Waals surface area (Å²) in [6.07, 6.45) is 1.92. The fraction of sp³-hybridized carbons (Fsp3) is 0.300. The minimum atomic E-state index is -3.75. The number of hydrogen-bond acceptors (Lipinski definition) is 4. The van der Waals surface area contributed by atoms with Gasteiger partial charge in [-0.1, -0.05) is 6.07 Å². The minimum absolute atomic E-state index is 0.207. The number of methoxy groups -OCH3 is 1. The topological polar surface area (TPSA) is 51.5 Å². The largest absolute Gasteiger partial charge is 0.495 e. The van der Waals surface area contributed by atoms with Crippen LogP contribution in [0.25, 0.3) is 0 Å². The van der Waals surface area contributed by atoms with Crippen molar-refractivity contribution in [1.29, 1.82) is 0 Å². The van der Waals surface area contributed by atoms with E-state index < -0.39 is 10.0 Å². The van der Waals surface area contributed by atoms with E-state index in [1.54, 1.807) is 23.5 Å². The van der Waals surface area contributed by atoms with E-state index in [1.165, 1.54) is 11.4 Å². The molecule has 0 saturated carbocycles. The number of benzene rings is 1. The number of sulfonamides is 1. The highest BCUT2D eigenvalue weighted by atomic mass is 32.2. The molecule has 144 valence electrons. The van der Waals surface area contributed by atoms with E-state index in [9.17, 15) is 8.42 Å². The Kier molecular flexibility index (Phi) is 5.74. The van der Waals surface area contributed by atoms with Crippen molar-refractivity contribution in [3.05, 3.63) is 69.7 Å². The fourth-order valence-electron chi connectivity index (χ4n) is 2.91. The summed E-state index contributed by atoms with van der Waals surface area (Å²) < 4.78 is 36.0. The van der Waals surface area contributed by atoms with Gasteiger partial charge in [-0.05, 0) is 60.7 Å². The van der Waals surface area contributed by atoms with Crippen LogP contribution in [0, 0.1) is 13.8 Å². The van der Waals surface area contributed by atoms with Crippen LogP contribution >= 0.6 is 11.3 Å². The van der Waals surface area contributed by atoms with Gasteiger partial charge in [-0.2, -0.15) is 4.31 Å². The molecule has 0 unspecified atom stereocenters. The van der Waals surface area contributed by atoms with E-state index in [0.717, 1.165) is 21.7 Å². The molecule has 0 bridgehead atoms. The van der Waals surface area contributed by atoms with E-state index in [1.807, 2.05) is 61.3 Å². The summed E-state index contributed by atoms with van der Waals surface area (Å²) in [6, 6.07) is 11.2. The Bertz CT molecular complexity index is 1020. The molecular formula is C20H24N2O3S2. The second kappa shape index (κ2) is 7.88. The van der Waals surface area contributed by atoms with Crippen LogP contribution in [-0.2, 0) is 30.2 Å². The molecule has 1 aromatic carbocycles. The van der Waals surface area contributed by atoms with Crippen molar-refractivity contribution in [2.45, 2.75) is 31.8 Å². The van der Waals surface area contributed by atoms with Crippen LogP contribution in [0.15, 0.2) is 52.9 Å². The average molecular weight is 405 g/mol. The van der Waals surface area contributed by atoms with Gasteiger partial charge in [0.2, 0.25) is 10.0 Å². The van der Waals surface area contributed by atoms with Crippen LogP contribution in [0.4, 0.5) is 0 Å². The second-order valence-electron chi connectivity index (χ2n) is 6.55. The van der Waals surface area contributed by atoms with Crippen LogP contribution in [-0.4, -0.2) is 24.4 Å². The molecule has 0 aliphatic rings. The monoisotopic (exact) mass is 404 g/mol. The third kappa shape index (κ3) is 4.10. The van der Waals surface area contributed by atoms with Crippen molar-refractivity contribution in [2.75, 3.05) is 7.11 Å². The van der Waals surface area contributed by atoms with Gasteiger partial charge < -0.3 is 9.30 Å². The lowest BCUT2D eigenvalue weighted by atomic mass is 10.1. The summed E-state index contributed by atoms with van der Waals surface area (Å²) >= 11 is 1.55. The van der Waals surface area contributed by atoms with Gasteiger partial charge in [-0.3, -0.25) is 0 Å². The van der Waals surface area contributed by atoms with Gasteiger partial charge in [-0.15, -0.1) is 11.3 Å². The van der Waals surface area contributed by atoms with Gasteiger partial charge in [-0.25, -0.2) is 8.42 Å². The quantitative estimate of drug-likeness (QED) is 0.596. The Morgan fingerprint density at radius 2 is 1.85 bits per heavy atom. The van der Waals surface area contributed by atoms with E-state index in [0.29, 0.717) is 18.8 Å². The Morgan fingerprint density at radius 1 is 1.11 bits per heavy atom. The molecule has 0 fully saturated rings. The molecule has 0 amide bonds. The van der Waals surface area contributed by atoms with Crippen molar-refractivity contribution >= 4 is 21.4 Å². The zero-order valence-electron chi connectivity index (χ0n) is 16.0. The molecule has 0 aliphatic carbocycles. The second-order valence-corrected chi connectivity index (χ2v) is 9.49. The third-order valence-corrected chi connectivity index (χ3v) is 7.37. The highest BCUT2D eigenvalue weighted by Gasteiger charge is 2.29. The molecule has 0 atom stereocenters. The maximum atomic E-state index is 13.6. The van der Waals surface area contributed by atoms with Gasteiger partial charge in [0.15, 0.2) is 0 Å². The third-order valence-electron chi connectivity index (χ3n) is 4.70. The number of hydrogen-bond donors (Lipinski definition) is 0. The molecular weight excluding hydrogens is 380 g/mol. The maximum Gasteiger partial charge on any atom is 0.247 e. The maximum absolute atomic E-state index is 13.6. The summed E-state index contributed by atoms with van der Waals surface area (Å²) in [7, 11) is -0.328. The molecule has 0 saturated heterocycles. The van der Waals surface area contributed by atoms with Crippen LogP contribution in [0.3, 0.4) is 0 Å². The zero-order valence-corrected chi connectivity index (χ0v) is 17.6. The molecule has 0 N–H and O–H groups in total. The normalized spacial score (nSPS) is 11.9. The summed E-state index contributed by atoms with van der Waals surface area (Å²) in [5, 5.41) is 1.96. The van der Waals surface area contributed by atoms with Crippen molar-refractivity contribution in [3.63, 3.8) is 0 Å². The van der Waals surface area contributed by atoms with Crippen molar-refractivity contribution in [1.82, 2.24) is 8.87 Å². The van der Waals surface area contributed by atoms with Gasteiger partial charge >= 0.3 is 0 Å². The lowest BCUT2D eigenvalue weighted by molar-refractivity contribution is 0.379. The lowest BCUT2D eigenvalue weighted by Crippen LogP contribution is -2.31. The number of rotatable bonds is 7. The molecule has 2 aromatic heterocycles. The molecule has 0 aliphatic heterocycles. The zero-order chi connectivity index (χ0) is 19.6. The first-order chi connectivity index (χ1) is 12.8. The van der Waals surface area contributed by atoms with Crippen LogP contribution < -0.4 is 4.74 Å². The fourth-order valence-corrected chi connectivity index (χ4v) is 5.32.